The number of nitrogens with zero attached hydrogens (tertiary/aromatic N) is 1. The van der Waals surface area contributed by atoms with Gasteiger partial charge in [-0.25, -0.2) is 0 Å². The molecule has 0 bridgehead atoms. The first-order chi connectivity index (χ1) is 9.70. The molecule has 0 spiro atoms. The lowest BCUT2D eigenvalue weighted by Crippen LogP contribution is -2.43. The van der Waals surface area contributed by atoms with E-state index < -0.39 is 0 Å². The molecule has 1 aliphatic heterocycles. The summed E-state index contributed by atoms with van der Waals surface area (Å²) in [7, 11) is 0. The Labute approximate surface area is 128 Å². The summed E-state index contributed by atoms with van der Waals surface area (Å²) in [6.45, 7) is 11.3. The van der Waals surface area contributed by atoms with Crippen LogP contribution in [0.4, 0.5) is 0 Å². The largest absolute Gasteiger partial charge is 0.313 e. The molecule has 1 saturated heterocycles. The molecule has 0 saturated carbocycles. The Bertz CT molecular complexity index is 408. The van der Waals surface area contributed by atoms with Crippen LogP contribution in [0.1, 0.15) is 38.3 Å². The molecule has 2 nitrogen and oxygen atoms in total. The van der Waals surface area contributed by atoms with Gasteiger partial charge in [0.05, 0.1) is 0 Å². The summed E-state index contributed by atoms with van der Waals surface area (Å²) in [5, 5.41) is 4.23. The summed E-state index contributed by atoms with van der Waals surface area (Å²) < 4.78 is 0. The first-order valence-corrected chi connectivity index (χ1v) is 8.89. The molecule has 0 amide bonds. The molecule has 112 valence electrons. The van der Waals surface area contributed by atoms with Gasteiger partial charge in [0, 0.05) is 36.7 Å². The van der Waals surface area contributed by atoms with Crippen molar-refractivity contribution in [3.05, 3.63) is 35.4 Å². The fourth-order valence-electron chi connectivity index (χ4n) is 2.70. The van der Waals surface area contributed by atoms with E-state index in [-0.39, 0.29) is 0 Å². The molecule has 0 radical (unpaired) electrons. The Morgan fingerprint density at radius 3 is 2.90 bits per heavy atom. The Hall–Kier alpha value is -0.510. The molecule has 0 aromatic heterocycles. The fraction of sp³-hybridized carbons (Fsp3) is 0.647. The number of nitrogens with one attached hydrogen (secondary N) is 1. The monoisotopic (exact) mass is 292 g/mol. The third-order valence-electron chi connectivity index (χ3n) is 4.15. The number of hydrogen-bond acceptors (Lipinski definition) is 3. The number of thioether (sulfide) groups is 1. The second-order valence-corrected chi connectivity index (χ2v) is 7.27. The molecule has 1 aromatic rings. The van der Waals surface area contributed by atoms with Crippen molar-refractivity contribution >= 4 is 11.8 Å². The smallest absolute Gasteiger partial charge is 0.0237 e. The van der Waals surface area contributed by atoms with Crippen LogP contribution in [-0.4, -0.2) is 35.0 Å². The van der Waals surface area contributed by atoms with Crippen molar-refractivity contribution in [3.63, 3.8) is 0 Å². The van der Waals surface area contributed by atoms with E-state index in [0.717, 1.165) is 24.9 Å². The van der Waals surface area contributed by atoms with Crippen LogP contribution in [0, 0.1) is 0 Å². The summed E-state index contributed by atoms with van der Waals surface area (Å²) in [5.74, 6) is 1.27. The quantitative estimate of drug-likeness (QED) is 0.808. The van der Waals surface area contributed by atoms with Crippen LogP contribution in [0.3, 0.4) is 0 Å². The average molecular weight is 292 g/mol. The molecule has 1 N–H and O–H groups in total. The van der Waals surface area contributed by atoms with E-state index in [0.29, 0.717) is 6.04 Å². The van der Waals surface area contributed by atoms with Crippen LogP contribution in [0.2, 0.25) is 0 Å². The molecule has 3 heteroatoms. The first kappa shape index (κ1) is 15.9. The molecule has 2 unspecified atom stereocenters. The zero-order chi connectivity index (χ0) is 14.4. The van der Waals surface area contributed by atoms with Gasteiger partial charge >= 0.3 is 0 Å². The van der Waals surface area contributed by atoms with Crippen LogP contribution in [0.5, 0.6) is 0 Å². The number of hydrogen-bond donors (Lipinski definition) is 1. The highest BCUT2D eigenvalue weighted by molar-refractivity contribution is 8.00. The van der Waals surface area contributed by atoms with Gasteiger partial charge in [-0.1, -0.05) is 38.1 Å². The fourth-order valence-corrected chi connectivity index (χ4v) is 3.86. The minimum atomic E-state index is 0.677. The highest BCUT2D eigenvalue weighted by atomic mass is 32.2. The molecule has 1 aliphatic rings. The standard InChI is InChI=1S/C17H28N2S/c1-4-8-18-12-16-6-5-7-17(11-16)13-19-9-10-20-15(3)14(19)2/h5-7,11,14-15,18H,4,8-10,12-13H2,1-3H3. The van der Waals surface area contributed by atoms with E-state index in [1.54, 1.807) is 0 Å². The van der Waals surface area contributed by atoms with Gasteiger partial charge in [-0.15, -0.1) is 0 Å². The van der Waals surface area contributed by atoms with Crippen LogP contribution in [0.15, 0.2) is 24.3 Å². The second-order valence-electron chi connectivity index (χ2n) is 5.78. The summed E-state index contributed by atoms with van der Waals surface area (Å²) in [5.41, 5.74) is 2.86. The minimum Gasteiger partial charge on any atom is -0.313 e. The third kappa shape index (κ3) is 4.51. The Kier molecular flexibility index (Phi) is 6.40. The lowest BCUT2D eigenvalue weighted by atomic mass is 10.1. The number of benzene rings is 1. The summed E-state index contributed by atoms with van der Waals surface area (Å²) in [4.78, 5) is 2.62. The van der Waals surface area contributed by atoms with Gasteiger partial charge in [-0.2, -0.15) is 11.8 Å². The maximum absolute atomic E-state index is 3.48. The summed E-state index contributed by atoms with van der Waals surface area (Å²) in [6.07, 6.45) is 1.19. The Morgan fingerprint density at radius 1 is 1.30 bits per heavy atom. The first-order valence-electron chi connectivity index (χ1n) is 7.85. The van der Waals surface area contributed by atoms with Crippen molar-refractivity contribution in [2.24, 2.45) is 0 Å². The average Bonchev–Trinajstić information content (AvgIpc) is 2.45. The highest BCUT2D eigenvalue weighted by Crippen LogP contribution is 2.25. The van der Waals surface area contributed by atoms with Crippen molar-refractivity contribution in [1.29, 1.82) is 0 Å². The van der Waals surface area contributed by atoms with Crippen molar-refractivity contribution in [3.8, 4) is 0 Å². The normalized spacial score (nSPS) is 23.9. The Morgan fingerprint density at radius 2 is 2.10 bits per heavy atom. The lowest BCUT2D eigenvalue weighted by molar-refractivity contribution is 0.204. The lowest BCUT2D eigenvalue weighted by Gasteiger charge is -2.37. The van der Waals surface area contributed by atoms with E-state index >= 15 is 0 Å². The van der Waals surface area contributed by atoms with Crippen LogP contribution < -0.4 is 5.32 Å². The molecular weight excluding hydrogens is 264 g/mol. The van der Waals surface area contributed by atoms with Crippen molar-refractivity contribution in [2.75, 3.05) is 18.8 Å². The van der Waals surface area contributed by atoms with Crippen molar-refractivity contribution in [2.45, 2.75) is 51.6 Å². The highest BCUT2D eigenvalue weighted by Gasteiger charge is 2.24. The van der Waals surface area contributed by atoms with Crippen LogP contribution >= 0.6 is 11.8 Å². The molecule has 20 heavy (non-hydrogen) atoms. The zero-order valence-corrected chi connectivity index (χ0v) is 13.9. The van der Waals surface area contributed by atoms with Crippen molar-refractivity contribution < 1.29 is 0 Å². The molecule has 0 aliphatic carbocycles. The van der Waals surface area contributed by atoms with E-state index in [4.69, 9.17) is 0 Å². The third-order valence-corrected chi connectivity index (χ3v) is 5.49. The van der Waals surface area contributed by atoms with Crippen LogP contribution in [0.25, 0.3) is 0 Å². The number of rotatable bonds is 6. The molecule has 1 heterocycles. The van der Waals surface area contributed by atoms with E-state index in [2.05, 4.69) is 67.0 Å². The maximum atomic E-state index is 3.48. The summed E-state index contributed by atoms with van der Waals surface area (Å²) in [6, 6.07) is 9.73. The SMILES string of the molecule is CCCNCc1cccc(CN2CCSC(C)C2C)c1. The summed E-state index contributed by atoms with van der Waals surface area (Å²) >= 11 is 2.11. The van der Waals surface area contributed by atoms with Gasteiger partial charge in [0.15, 0.2) is 0 Å². The van der Waals surface area contributed by atoms with Gasteiger partial charge in [0.2, 0.25) is 0 Å². The zero-order valence-electron chi connectivity index (χ0n) is 13.1. The topological polar surface area (TPSA) is 15.3 Å². The van der Waals surface area contributed by atoms with Crippen molar-refractivity contribution in [1.82, 2.24) is 10.2 Å². The maximum Gasteiger partial charge on any atom is 0.0237 e. The second kappa shape index (κ2) is 8.06. The molecule has 2 rings (SSSR count). The molecule has 1 fully saturated rings. The minimum absolute atomic E-state index is 0.677. The van der Waals surface area contributed by atoms with Gasteiger partial charge in [0.25, 0.3) is 0 Å². The van der Waals surface area contributed by atoms with Gasteiger partial charge < -0.3 is 5.32 Å². The predicted octanol–water partition coefficient (Wildman–Crippen LogP) is 3.51. The van der Waals surface area contributed by atoms with Gasteiger partial charge in [-0.05, 0) is 31.0 Å². The van der Waals surface area contributed by atoms with Gasteiger partial charge in [0.1, 0.15) is 0 Å². The van der Waals surface area contributed by atoms with E-state index in [1.165, 1.54) is 29.8 Å². The molecule has 1 aromatic carbocycles. The predicted molar refractivity (Wildman–Crippen MR) is 90.2 cm³/mol. The van der Waals surface area contributed by atoms with E-state index in [9.17, 15) is 0 Å². The van der Waals surface area contributed by atoms with Gasteiger partial charge in [-0.3, -0.25) is 4.90 Å². The molecular formula is C17H28N2S. The van der Waals surface area contributed by atoms with Crippen LogP contribution in [-0.2, 0) is 13.1 Å². The van der Waals surface area contributed by atoms with E-state index in [1.807, 2.05) is 0 Å². The molecule has 2 atom stereocenters. The Balaban J connectivity index is 1.93.